The highest BCUT2D eigenvalue weighted by molar-refractivity contribution is 4.88. The Kier molecular flexibility index (Phi) is 17.2. The summed E-state index contributed by atoms with van der Waals surface area (Å²) in [6.45, 7) is 2.70. The van der Waals surface area contributed by atoms with E-state index in [0.717, 1.165) is 5.69 Å². The maximum atomic E-state index is 10.3. The summed E-state index contributed by atoms with van der Waals surface area (Å²) in [5, 5.41) is 105. The fourth-order valence-electron chi connectivity index (χ4n) is 3.65. The van der Waals surface area contributed by atoms with Crippen molar-refractivity contribution in [1.29, 1.82) is 0 Å². The normalized spacial score (nSPS) is 19.3. The Hall–Kier alpha value is -1.38. The molecule has 1 unspecified atom stereocenters. The average molecular weight is 571 g/mol. The highest BCUT2D eigenvalue weighted by Crippen LogP contribution is 2.11. The monoisotopic (exact) mass is 570 g/mol. The first kappa shape index (κ1) is 35.6. The van der Waals surface area contributed by atoms with Gasteiger partial charge in [-0.05, 0) is 20.3 Å². The molecule has 0 aliphatic heterocycles. The summed E-state index contributed by atoms with van der Waals surface area (Å²) in [4.78, 5) is 1.36. The highest BCUT2D eigenvalue weighted by atomic mass is 16.5. The summed E-state index contributed by atoms with van der Waals surface area (Å²) < 4.78 is 13.0. The number of aliphatic hydroxyl groups is 10. The van der Waals surface area contributed by atoms with Gasteiger partial charge in [-0.3, -0.25) is 4.90 Å². The Balaban J connectivity index is 2.57. The van der Waals surface area contributed by atoms with E-state index in [1.807, 2.05) is 13.8 Å². The molecule has 0 radical (unpaired) electrons. The molecule has 0 saturated carbocycles. The zero-order valence-electron chi connectivity index (χ0n) is 22.4. The quantitative estimate of drug-likeness (QED) is 0.0584. The van der Waals surface area contributed by atoms with Gasteiger partial charge in [-0.25, -0.2) is 4.68 Å². The molecule has 1 aromatic heterocycles. The van der Waals surface area contributed by atoms with E-state index in [0.29, 0.717) is 13.0 Å². The van der Waals surface area contributed by atoms with E-state index in [4.69, 9.17) is 19.7 Å². The van der Waals surface area contributed by atoms with Gasteiger partial charge in [0.05, 0.1) is 63.2 Å². The molecule has 0 bridgehead atoms. The lowest BCUT2D eigenvalue weighted by Crippen LogP contribution is -2.53. The summed E-state index contributed by atoms with van der Waals surface area (Å²) in [5.41, 5.74) is 0.948. The molecule has 0 fully saturated rings. The Labute approximate surface area is 227 Å². The van der Waals surface area contributed by atoms with Crippen LogP contribution < -0.4 is 0 Å². The van der Waals surface area contributed by atoms with Crippen molar-refractivity contribution in [2.24, 2.45) is 0 Å². The van der Waals surface area contributed by atoms with Crippen LogP contribution in [0.15, 0.2) is 6.20 Å². The van der Waals surface area contributed by atoms with E-state index in [9.17, 15) is 40.9 Å². The van der Waals surface area contributed by atoms with Crippen LogP contribution in [0.1, 0.15) is 19.0 Å². The zero-order chi connectivity index (χ0) is 29.5. The average Bonchev–Trinajstić information content (AvgIpc) is 3.34. The first-order chi connectivity index (χ1) is 18.4. The first-order valence-corrected chi connectivity index (χ1v) is 12.9. The number of rotatable bonds is 22. The van der Waals surface area contributed by atoms with Crippen molar-refractivity contribution >= 4 is 0 Å². The molecule has 0 aromatic carbocycles. The molecule has 16 heteroatoms. The third-order valence-electron chi connectivity index (χ3n) is 6.28. The lowest BCUT2D eigenvalue weighted by atomic mass is 10.0. The molecule has 0 spiro atoms. The molecule has 1 aromatic rings. The van der Waals surface area contributed by atoms with Crippen LogP contribution in [0.25, 0.3) is 0 Å². The van der Waals surface area contributed by atoms with Crippen molar-refractivity contribution in [1.82, 2.24) is 19.9 Å². The molecular formula is C23H46N4O12. The van der Waals surface area contributed by atoms with Crippen LogP contribution >= 0.6 is 0 Å². The van der Waals surface area contributed by atoms with Gasteiger partial charge in [0.2, 0.25) is 0 Å². The maximum absolute atomic E-state index is 10.3. The molecular weight excluding hydrogens is 524 g/mol. The SMILES string of the molecule is Cc1cnnn1CCC(C)OCCOCCN(C[C@H](O)[C@@H](O)[C@H](O)[C@H](O)CO)C[C@H](O)[C@@H](O)[C@H](O)[C@H](O)CO. The number of aromatic nitrogens is 3. The molecule has 1 rings (SSSR count). The molecule has 0 amide bonds. The minimum absolute atomic E-state index is 0.0615. The van der Waals surface area contributed by atoms with Gasteiger partial charge >= 0.3 is 0 Å². The van der Waals surface area contributed by atoms with Crippen molar-refractivity contribution in [3.63, 3.8) is 0 Å². The molecule has 0 aliphatic rings. The number of aliphatic hydroxyl groups excluding tert-OH is 10. The molecule has 0 aliphatic carbocycles. The van der Waals surface area contributed by atoms with Crippen molar-refractivity contribution < 1.29 is 60.5 Å². The predicted octanol–water partition coefficient (Wildman–Crippen LogP) is -5.43. The van der Waals surface area contributed by atoms with Gasteiger partial charge in [0.25, 0.3) is 0 Å². The fourth-order valence-corrected chi connectivity index (χ4v) is 3.65. The molecule has 230 valence electrons. The van der Waals surface area contributed by atoms with Crippen LogP contribution in [0.3, 0.4) is 0 Å². The van der Waals surface area contributed by atoms with E-state index in [2.05, 4.69) is 10.3 Å². The molecule has 0 saturated heterocycles. The van der Waals surface area contributed by atoms with E-state index < -0.39 is 62.0 Å². The standard InChI is InChI=1S/C23H46N4O12/c1-14-9-24-25-27(14)4-3-15(2)39-8-7-38-6-5-26(10-16(30)20(34)22(36)18(32)12-28)11-17(31)21(35)23(37)19(33)13-29/h9,15-23,28-37H,3-8,10-13H2,1-2H3/t15?,16-,17-,18+,19+,20+,21+,22+,23+/m0/s1. The van der Waals surface area contributed by atoms with Crippen LogP contribution in [-0.4, -0.2) is 179 Å². The first-order valence-electron chi connectivity index (χ1n) is 12.9. The van der Waals surface area contributed by atoms with Gasteiger partial charge in [0, 0.05) is 26.2 Å². The van der Waals surface area contributed by atoms with Crippen LogP contribution in [0.5, 0.6) is 0 Å². The van der Waals surface area contributed by atoms with E-state index in [-0.39, 0.29) is 45.6 Å². The van der Waals surface area contributed by atoms with Crippen molar-refractivity contribution in [3.05, 3.63) is 11.9 Å². The van der Waals surface area contributed by atoms with Crippen LogP contribution in [0.4, 0.5) is 0 Å². The van der Waals surface area contributed by atoms with Gasteiger partial charge in [-0.1, -0.05) is 5.21 Å². The minimum Gasteiger partial charge on any atom is -0.394 e. The lowest BCUT2D eigenvalue weighted by Gasteiger charge is -2.33. The topological polar surface area (TPSA) is 255 Å². The molecule has 10 N–H and O–H groups in total. The Morgan fingerprint density at radius 1 is 0.795 bits per heavy atom. The van der Waals surface area contributed by atoms with Gasteiger partial charge in [0.15, 0.2) is 0 Å². The predicted molar refractivity (Wildman–Crippen MR) is 134 cm³/mol. The number of aryl methyl sites for hydroxylation is 2. The molecule has 39 heavy (non-hydrogen) atoms. The second-order valence-corrected chi connectivity index (χ2v) is 9.54. The fraction of sp³-hybridized carbons (Fsp3) is 0.913. The highest BCUT2D eigenvalue weighted by Gasteiger charge is 2.34. The van der Waals surface area contributed by atoms with Gasteiger partial charge < -0.3 is 60.5 Å². The van der Waals surface area contributed by atoms with Crippen LogP contribution in [0.2, 0.25) is 0 Å². The Bertz CT molecular complexity index is 732. The maximum Gasteiger partial charge on any atom is 0.111 e. The van der Waals surface area contributed by atoms with Crippen molar-refractivity contribution in [2.75, 3.05) is 52.7 Å². The summed E-state index contributed by atoms with van der Waals surface area (Å²) in [6, 6.07) is 0. The largest absolute Gasteiger partial charge is 0.394 e. The van der Waals surface area contributed by atoms with E-state index >= 15 is 0 Å². The van der Waals surface area contributed by atoms with E-state index in [1.165, 1.54) is 4.90 Å². The van der Waals surface area contributed by atoms with Crippen molar-refractivity contribution in [3.8, 4) is 0 Å². The van der Waals surface area contributed by atoms with E-state index in [1.54, 1.807) is 10.9 Å². The number of hydrogen-bond donors (Lipinski definition) is 10. The van der Waals surface area contributed by atoms with Crippen LogP contribution in [-0.2, 0) is 16.0 Å². The second-order valence-electron chi connectivity index (χ2n) is 9.54. The Morgan fingerprint density at radius 2 is 1.31 bits per heavy atom. The summed E-state index contributed by atoms with van der Waals surface area (Å²) in [6.07, 6.45) is -11.8. The summed E-state index contributed by atoms with van der Waals surface area (Å²) >= 11 is 0. The lowest BCUT2D eigenvalue weighted by molar-refractivity contribution is -0.131. The third-order valence-corrected chi connectivity index (χ3v) is 6.28. The zero-order valence-corrected chi connectivity index (χ0v) is 22.4. The molecule has 9 atom stereocenters. The molecule has 16 nitrogen and oxygen atoms in total. The summed E-state index contributed by atoms with van der Waals surface area (Å²) in [5.74, 6) is 0. The Morgan fingerprint density at radius 3 is 1.77 bits per heavy atom. The van der Waals surface area contributed by atoms with Crippen LogP contribution in [0, 0.1) is 6.92 Å². The smallest absolute Gasteiger partial charge is 0.111 e. The van der Waals surface area contributed by atoms with Gasteiger partial charge in [0.1, 0.15) is 36.6 Å². The number of hydrogen-bond acceptors (Lipinski definition) is 15. The third kappa shape index (κ3) is 12.8. The number of nitrogens with zero attached hydrogens (tertiary/aromatic N) is 4. The second kappa shape index (κ2) is 18.9. The van der Waals surface area contributed by atoms with Gasteiger partial charge in [-0.15, -0.1) is 5.10 Å². The van der Waals surface area contributed by atoms with Gasteiger partial charge in [-0.2, -0.15) is 0 Å². The van der Waals surface area contributed by atoms with Crippen molar-refractivity contribution in [2.45, 2.75) is 81.7 Å². The minimum atomic E-state index is -1.85. The molecule has 1 heterocycles. The summed E-state index contributed by atoms with van der Waals surface area (Å²) in [7, 11) is 0. The number of ether oxygens (including phenoxy) is 2.